The molecule has 0 radical (unpaired) electrons. The van der Waals surface area contributed by atoms with E-state index in [1.165, 1.54) is 12.1 Å². The summed E-state index contributed by atoms with van der Waals surface area (Å²) in [7, 11) is 1.86. The Kier molecular flexibility index (Phi) is 6.20. The van der Waals surface area contributed by atoms with Crippen molar-refractivity contribution in [3.8, 4) is 0 Å². The second kappa shape index (κ2) is 8.16. The van der Waals surface area contributed by atoms with E-state index in [-0.39, 0.29) is 12.5 Å². The van der Waals surface area contributed by atoms with E-state index >= 15 is 0 Å². The molecule has 1 unspecified atom stereocenters. The quantitative estimate of drug-likeness (QED) is 0.854. The lowest BCUT2D eigenvalue weighted by atomic mass is 10.0. The monoisotopic (exact) mass is 350 g/mol. The fraction of sp³-hybridized carbons (Fsp3) is 0.316. The number of likely N-dealkylation sites (N-methyl/N-ethyl adjacent to an activating group) is 1. The second-order valence-corrected chi connectivity index (χ2v) is 5.80. The van der Waals surface area contributed by atoms with Gasteiger partial charge in [-0.25, -0.2) is 0 Å². The first kappa shape index (κ1) is 19.0. The predicted molar refractivity (Wildman–Crippen MR) is 90.8 cm³/mol. The summed E-state index contributed by atoms with van der Waals surface area (Å²) in [6.45, 7) is 2.82. The molecule has 0 bridgehead atoms. The van der Waals surface area contributed by atoms with Crippen LogP contribution >= 0.6 is 0 Å². The molecule has 0 heterocycles. The second-order valence-electron chi connectivity index (χ2n) is 5.80. The van der Waals surface area contributed by atoms with Gasteiger partial charge in [0.05, 0.1) is 5.56 Å². The summed E-state index contributed by atoms with van der Waals surface area (Å²) in [5.74, 6) is -0.185. The highest BCUT2D eigenvalue weighted by molar-refractivity contribution is 5.83. The lowest BCUT2D eigenvalue weighted by molar-refractivity contribution is -0.137. The van der Waals surface area contributed by atoms with Gasteiger partial charge >= 0.3 is 6.18 Å². The van der Waals surface area contributed by atoms with Crippen LogP contribution < -0.4 is 5.32 Å². The number of hydrogen-bond donors (Lipinski definition) is 1. The van der Waals surface area contributed by atoms with Crippen molar-refractivity contribution in [2.75, 3.05) is 13.6 Å². The van der Waals surface area contributed by atoms with Gasteiger partial charge in [-0.3, -0.25) is 9.69 Å². The van der Waals surface area contributed by atoms with Gasteiger partial charge in [-0.15, -0.1) is 0 Å². The van der Waals surface area contributed by atoms with Crippen molar-refractivity contribution in [2.45, 2.75) is 25.7 Å². The summed E-state index contributed by atoms with van der Waals surface area (Å²) in [5.41, 5.74) is 0.791. The van der Waals surface area contributed by atoms with Gasteiger partial charge in [0.2, 0.25) is 5.91 Å². The van der Waals surface area contributed by atoms with E-state index < -0.39 is 17.8 Å². The molecule has 1 N–H and O–H groups in total. The van der Waals surface area contributed by atoms with Gasteiger partial charge in [0, 0.05) is 6.54 Å². The maximum Gasteiger partial charge on any atom is 0.416 e. The standard InChI is InChI=1S/C19H21F3N2O/c1-3-24(2)17(15-7-5-4-6-8-15)18(25)23-13-14-9-11-16(12-10-14)19(20,21)22/h4-12,17H,3,13H2,1-2H3,(H,23,25). The molecule has 0 aliphatic carbocycles. The minimum Gasteiger partial charge on any atom is -0.350 e. The molecule has 134 valence electrons. The zero-order valence-electron chi connectivity index (χ0n) is 14.2. The fourth-order valence-electron chi connectivity index (χ4n) is 2.52. The largest absolute Gasteiger partial charge is 0.416 e. The summed E-state index contributed by atoms with van der Waals surface area (Å²) in [4.78, 5) is 14.5. The Morgan fingerprint density at radius 2 is 1.68 bits per heavy atom. The molecule has 0 fully saturated rings. The van der Waals surface area contributed by atoms with E-state index in [0.717, 1.165) is 17.7 Å². The number of carbonyl (C=O) groups is 1. The molecular weight excluding hydrogens is 329 g/mol. The number of nitrogens with one attached hydrogen (secondary N) is 1. The fourth-order valence-corrected chi connectivity index (χ4v) is 2.52. The van der Waals surface area contributed by atoms with Crippen LogP contribution in [0.1, 0.15) is 29.7 Å². The van der Waals surface area contributed by atoms with Gasteiger partial charge in [-0.2, -0.15) is 13.2 Å². The molecule has 2 aromatic carbocycles. The van der Waals surface area contributed by atoms with Gasteiger partial charge in [-0.1, -0.05) is 49.4 Å². The summed E-state index contributed by atoms with van der Waals surface area (Å²) >= 11 is 0. The van der Waals surface area contributed by atoms with Crippen molar-refractivity contribution in [1.29, 1.82) is 0 Å². The summed E-state index contributed by atoms with van der Waals surface area (Å²) in [5, 5.41) is 2.81. The van der Waals surface area contributed by atoms with Crippen LogP contribution in [-0.2, 0) is 17.5 Å². The minimum absolute atomic E-state index is 0.178. The molecule has 1 atom stereocenters. The molecule has 0 saturated carbocycles. The Morgan fingerprint density at radius 1 is 1.08 bits per heavy atom. The van der Waals surface area contributed by atoms with Crippen LogP contribution in [0.4, 0.5) is 13.2 Å². The third-order valence-corrected chi connectivity index (χ3v) is 4.05. The van der Waals surface area contributed by atoms with Crippen LogP contribution in [0.15, 0.2) is 54.6 Å². The van der Waals surface area contributed by atoms with Crippen LogP contribution in [-0.4, -0.2) is 24.4 Å². The molecule has 0 spiro atoms. The average Bonchev–Trinajstić information content (AvgIpc) is 2.60. The number of nitrogens with zero attached hydrogens (tertiary/aromatic N) is 1. The lowest BCUT2D eigenvalue weighted by Crippen LogP contribution is -2.38. The first-order chi connectivity index (χ1) is 11.8. The first-order valence-corrected chi connectivity index (χ1v) is 8.02. The van der Waals surface area contributed by atoms with E-state index in [9.17, 15) is 18.0 Å². The molecule has 2 rings (SSSR count). The van der Waals surface area contributed by atoms with Crippen LogP contribution in [0.2, 0.25) is 0 Å². The van der Waals surface area contributed by atoms with Crippen LogP contribution in [0.25, 0.3) is 0 Å². The first-order valence-electron chi connectivity index (χ1n) is 8.02. The number of hydrogen-bond acceptors (Lipinski definition) is 2. The van der Waals surface area contributed by atoms with Gasteiger partial charge in [0.25, 0.3) is 0 Å². The molecular formula is C19H21F3N2O. The summed E-state index contributed by atoms with van der Waals surface area (Å²) in [6, 6.07) is 13.7. The highest BCUT2D eigenvalue weighted by Gasteiger charge is 2.30. The number of halogens is 3. The van der Waals surface area contributed by atoms with Crippen molar-refractivity contribution in [3.63, 3.8) is 0 Å². The lowest BCUT2D eigenvalue weighted by Gasteiger charge is -2.26. The molecule has 6 heteroatoms. The molecule has 3 nitrogen and oxygen atoms in total. The molecule has 0 aliphatic heterocycles. The van der Waals surface area contributed by atoms with Gasteiger partial charge in [0.15, 0.2) is 0 Å². The molecule has 0 saturated heterocycles. The van der Waals surface area contributed by atoms with Crippen LogP contribution in [0.3, 0.4) is 0 Å². The zero-order chi connectivity index (χ0) is 18.4. The summed E-state index contributed by atoms with van der Waals surface area (Å²) in [6.07, 6.45) is -4.36. The third kappa shape index (κ3) is 5.06. The van der Waals surface area contributed by atoms with E-state index in [4.69, 9.17) is 0 Å². The highest BCUT2D eigenvalue weighted by Crippen LogP contribution is 2.29. The number of benzene rings is 2. The molecule has 0 aliphatic rings. The van der Waals surface area contributed by atoms with Crippen LogP contribution in [0.5, 0.6) is 0 Å². The zero-order valence-corrected chi connectivity index (χ0v) is 14.2. The van der Waals surface area contributed by atoms with Crippen molar-refractivity contribution in [3.05, 3.63) is 71.3 Å². The maximum absolute atomic E-state index is 12.6. The number of carbonyl (C=O) groups excluding carboxylic acids is 1. The van der Waals surface area contributed by atoms with E-state index in [1.54, 1.807) is 0 Å². The predicted octanol–water partition coefficient (Wildman–Crippen LogP) is 4.01. The number of alkyl halides is 3. The molecule has 2 aromatic rings. The third-order valence-electron chi connectivity index (χ3n) is 4.05. The van der Waals surface area contributed by atoms with Crippen molar-refractivity contribution in [1.82, 2.24) is 10.2 Å². The normalized spacial score (nSPS) is 12.9. The topological polar surface area (TPSA) is 32.3 Å². The van der Waals surface area contributed by atoms with Crippen molar-refractivity contribution >= 4 is 5.91 Å². The smallest absolute Gasteiger partial charge is 0.350 e. The molecule has 25 heavy (non-hydrogen) atoms. The van der Waals surface area contributed by atoms with E-state index in [2.05, 4.69) is 5.32 Å². The maximum atomic E-state index is 12.6. The Bertz CT molecular complexity index is 684. The highest BCUT2D eigenvalue weighted by atomic mass is 19.4. The SMILES string of the molecule is CCN(C)C(C(=O)NCc1ccc(C(F)(F)F)cc1)c1ccccc1. The Hall–Kier alpha value is -2.34. The minimum atomic E-state index is -4.36. The van der Waals surface area contributed by atoms with E-state index in [1.807, 2.05) is 49.2 Å². The summed E-state index contributed by atoms with van der Waals surface area (Å²) < 4.78 is 37.7. The van der Waals surface area contributed by atoms with E-state index in [0.29, 0.717) is 12.1 Å². The molecule has 0 aromatic heterocycles. The van der Waals surface area contributed by atoms with Gasteiger partial charge in [-0.05, 0) is 36.9 Å². The average molecular weight is 350 g/mol. The Labute approximate surface area is 145 Å². The Balaban J connectivity index is 2.06. The van der Waals surface area contributed by atoms with Crippen molar-refractivity contribution in [2.24, 2.45) is 0 Å². The van der Waals surface area contributed by atoms with Gasteiger partial charge < -0.3 is 5.32 Å². The number of amides is 1. The van der Waals surface area contributed by atoms with Crippen LogP contribution in [0, 0.1) is 0 Å². The Morgan fingerprint density at radius 3 is 2.20 bits per heavy atom. The van der Waals surface area contributed by atoms with Gasteiger partial charge in [0.1, 0.15) is 6.04 Å². The molecule has 1 amide bonds. The van der Waals surface area contributed by atoms with Crippen molar-refractivity contribution < 1.29 is 18.0 Å². The number of rotatable bonds is 6.